The van der Waals surface area contributed by atoms with Gasteiger partial charge in [-0.05, 0) is 12.1 Å². The summed E-state index contributed by atoms with van der Waals surface area (Å²) >= 11 is 0. The first-order valence-corrected chi connectivity index (χ1v) is 5.77. The lowest BCUT2D eigenvalue weighted by molar-refractivity contribution is -0.107. The van der Waals surface area contributed by atoms with Gasteiger partial charge in [-0.25, -0.2) is 19.4 Å². The SMILES string of the molecule is O=CN(C(=O)Nc1ncc[nH]1)n1cnc2ccccc21. The minimum absolute atomic E-state index is 0.256. The Kier molecular flexibility index (Phi) is 2.88. The number of benzene rings is 1. The second-order valence-electron chi connectivity index (χ2n) is 3.90. The number of hydrogen-bond acceptors (Lipinski definition) is 4. The highest BCUT2D eigenvalue weighted by atomic mass is 16.2. The molecule has 0 radical (unpaired) electrons. The largest absolute Gasteiger partial charge is 0.350 e. The lowest BCUT2D eigenvalue weighted by Gasteiger charge is -2.16. The second-order valence-corrected chi connectivity index (χ2v) is 3.90. The van der Waals surface area contributed by atoms with Crippen LogP contribution in [0.5, 0.6) is 0 Å². The van der Waals surface area contributed by atoms with E-state index in [-0.39, 0.29) is 5.95 Å². The predicted octanol–water partition coefficient (Wildman–Crippen LogP) is 1.09. The quantitative estimate of drug-likeness (QED) is 0.696. The first kappa shape index (κ1) is 11.9. The molecule has 0 spiro atoms. The zero-order valence-corrected chi connectivity index (χ0v) is 10.2. The maximum Gasteiger partial charge on any atom is 0.350 e. The van der Waals surface area contributed by atoms with Gasteiger partial charge in [-0.2, -0.15) is 5.01 Å². The number of nitrogens with one attached hydrogen (secondary N) is 2. The van der Waals surface area contributed by atoms with Gasteiger partial charge in [0.2, 0.25) is 12.4 Å². The molecule has 2 aromatic heterocycles. The molecule has 0 fully saturated rings. The third-order valence-corrected chi connectivity index (χ3v) is 2.70. The van der Waals surface area contributed by atoms with Crippen LogP contribution in [-0.4, -0.2) is 32.1 Å². The summed E-state index contributed by atoms with van der Waals surface area (Å²) in [6.07, 6.45) is 4.87. The molecule has 0 aliphatic carbocycles. The van der Waals surface area contributed by atoms with Gasteiger partial charge in [0.1, 0.15) is 6.33 Å². The van der Waals surface area contributed by atoms with E-state index >= 15 is 0 Å². The van der Waals surface area contributed by atoms with Crippen LogP contribution in [0.2, 0.25) is 0 Å². The van der Waals surface area contributed by atoms with Crippen LogP contribution in [-0.2, 0) is 4.79 Å². The molecule has 0 saturated heterocycles. The first-order valence-electron chi connectivity index (χ1n) is 5.77. The van der Waals surface area contributed by atoms with Crippen LogP contribution in [0, 0.1) is 0 Å². The van der Waals surface area contributed by atoms with E-state index < -0.39 is 6.03 Å². The number of urea groups is 1. The van der Waals surface area contributed by atoms with Gasteiger partial charge in [0, 0.05) is 12.4 Å². The average molecular weight is 270 g/mol. The number of amides is 3. The fraction of sp³-hybridized carbons (Fsp3) is 0. The Balaban J connectivity index is 1.93. The van der Waals surface area contributed by atoms with Crippen LogP contribution < -0.4 is 10.3 Å². The molecule has 2 heterocycles. The minimum Gasteiger partial charge on any atom is -0.331 e. The molecule has 0 saturated carbocycles. The lowest BCUT2D eigenvalue weighted by atomic mass is 10.3. The number of anilines is 1. The van der Waals surface area contributed by atoms with Crippen molar-refractivity contribution in [3.8, 4) is 0 Å². The first-order chi connectivity index (χ1) is 9.79. The zero-order chi connectivity index (χ0) is 13.9. The third kappa shape index (κ3) is 1.99. The van der Waals surface area contributed by atoms with Crippen molar-refractivity contribution in [1.29, 1.82) is 0 Å². The molecule has 0 aliphatic heterocycles. The monoisotopic (exact) mass is 270 g/mol. The van der Waals surface area contributed by atoms with Crippen molar-refractivity contribution in [2.75, 3.05) is 10.3 Å². The van der Waals surface area contributed by atoms with E-state index in [1.807, 2.05) is 6.07 Å². The number of carbonyl (C=O) groups excluding carboxylic acids is 2. The molecule has 3 aromatic rings. The Bertz CT molecular complexity index is 748. The summed E-state index contributed by atoms with van der Waals surface area (Å²) < 4.78 is 1.36. The number of imide groups is 1. The minimum atomic E-state index is -0.641. The standard InChI is InChI=1S/C12H10N6O2/c19-8-18(12(20)16-11-13-5-6-14-11)17-7-15-9-3-1-2-4-10(9)17/h1-8H,(H2,13,14,16,20). The van der Waals surface area contributed by atoms with Crippen molar-refractivity contribution >= 4 is 29.4 Å². The van der Waals surface area contributed by atoms with Crippen molar-refractivity contribution in [3.05, 3.63) is 43.0 Å². The second kappa shape index (κ2) is 4.84. The smallest absolute Gasteiger partial charge is 0.331 e. The number of carbonyl (C=O) groups is 2. The fourth-order valence-corrected chi connectivity index (χ4v) is 1.81. The van der Waals surface area contributed by atoms with Crippen molar-refractivity contribution in [2.45, 2.75) is 0 Å². The average Bonchev–Trinajstić information content (AvgIpc) is 3.10. The van der Waals surface area contributed by atoms with Gasteiger partial charge in [0.05, 0.1) is 11.0 Å². The fourth-order valence-electron chi connectivity index (χ4n) is 1.81. The third-order valence-electron chi connectivity index (χ3n) is 2.70. The van der Waals surface area contributed by atoms with Crippen LogP contribution >= 0.6 is 0 Å². The lowest BCUT2D eigenvalue weighted by Crippen LogP contribution is -2.42. The number of rotatable bonds is 3. The van der Waals surface area contributed by atoms with Gasteiger partial charge in [-0.3, -0.25) is 10.1 Å². The summed E-state index contributed by atoms with van der Waals surface area (Å²) in [5.41, 5.74) is 1.33. The number of hydrogen-bond donors (Lipinski definition) is 2. The molecule has 100 valence electrons. The van der Waals surface area contributed by atoms with Crippen LogP contribution in [0.3, 0.4) is 0 Å². The normalized spacial score (nSPS) is 10.4. The molecular weight excluding hydrogens is 260 g/mol. The molecule has 0 aliphatic rings. The molecule has 0 bridgehead atoms. The molecule has 8 heteroatoms. The van der Waals surface area contributed by atoms with Crippen LogP contribution in [0.25, 0.3) is 11.0 Å². The van der Waals surface area contributed by atoms with Gasteiger partial charge in [-0.15, -0.1) is 0 Å². The summed E-state index contributed by atoms with van der Waals surface area (Å²) in [4.78, 5) is 34.0. The van der Waals surface area contributed by atoms with E-state index in [2.05, 4.69) is 20.3 Å². The van der Waals surface area contributed by atoms with Crippen molar-refractivity contribution in [1.82, 2.24) is 19.6 Å². The molecule has 2 N–H and O–H groups in total. The van der Waals surface area contributed by atoms with Crippen LogP contribution in [0.1, 0.15) is 0 Å². The van der Waals surface area contributed by atoms with E-state index in [4.69, 9.17) is 0 Å². The number of fused-ring (bicyclic) bond motifs is 1. The Morgan fingerprint density at radius 2 is 2.20 bits per heavy atom. The maximum absolute atomic E-state index is 12.1. The van der Waals surface area contributed by atoms with Crippen molar-refractivity contribution in [2.24, 2.45) is 0 Å². The van der Waals surface area contributed by atoms with Crippen LogP contribution in [0.15, 0.2) is 43.0 Å². The van der Waals surface area contributed by atoms with Gasteiger partial charge >= 0.3 is 6.03 Å². The number of aromatic amines is 1. The maximum atomic E-state index is 12.1. The molecular formula is C12H10N6O2. The Morgan fingerprint density at radius 1 is 1.35 bits per heavy atom. The highest BCUT2D eigenvalue weighted by molar-refractivity contribution is 6.06. The predicted molar refractivity (Wildman–Crippen MR) is 71.6 cm³/mol. The Labute approximate surface area is 113 Å². The molecule has 0 atom stereocenters. The number of nitrogens with zero attached hydrogens (tertiary/aromatic N) is 4. The van der Waals surface area contributed by atoms with Gasteiger partial charge in [-0.1, -0.05) is 12.1 Å². The zero-order valence-electron chi connectivity index (χ0n) is 10.2. The van der Waals surface area contributed by atoms with Gasteiger partial charge < -0.3 is 4.98 Å². The van der Waals surface area contributed by atoms with Gasteiger partial charge in [0.25, 0.3) is 0 Å². The molecule has 0 unspecified atom stereocenters. The number of H-pyrrole nitrogens is 1. The Morgan fingerprint density at radius 3 is 2.95 bits per heavy atom. The van der Waals surface area contributed by atoms with Crippen molar-refractivity contribution in [3.63, 3.8) is 0 Å². The highest BCUT2D eigenvalue weighted by Gasteiger charge is 2.17. The topological polar surface area (TPSA) is 95.9 Å². The number of para-hydroxylation sites is 2. The van der Waals surface area contributed by atoms with E-state index in [1.54, 1.807) is 24.4 Å². The molecule has 1 aromatic carbocycles. The van der Waals surface area contributed by atoms with E-state index in [9.17, 15) is 9.59 Å². The van der Waals surface area contributed by atoms with E-state index in [0.29, 0.717) is 17.4 Å². The summed E-state index contributed by atoms with van der Waals surface area (Å²) in [5.74, 6) is 0.256. The number of aromatic nitrogens is 4. The molecule has 3 rings (SSSR count). The van der Waals surface area contributed by atoms with E-state index in [0.717, 1.165) is 5.01 Å². The Hall–Kier alpha value is -3.16. The summed E-state index contributed by atoms with van der Waals surface area (Å²) in [7, 11) is 0. The van der Waals surface area contributed by atoms with Gasteiger partial charge in [0.15, 0.2) is 0 Å². The van der Waals surface area contributed by atoms with Crippen molar-refractivity contribution < 1.29 is 9.59 Å². The summed E-state index contributed by atoms with van der Waals surface area (Å²) in [6.45, 7) is 0. The van der Waals surface area contributed by atoms with Crippen LogP contribution in [0.4, 0.5) is 10.7 Å². The highest BCUT2D eigenvalue weighted by Crippen LogP contribution is 2.12. The molecule has 20 heavy (non-hydrogen) atoms. The summed E-state index contributed by atoms with van der Waals surface area (Å²) in [5, 5.41) is 3.34. The number of imidazole rings is 2. The van der Waals surface area contributed by atoms with E-state index in [1.165, 1.54) is 17.2 Å². The molecule has 8 nitrogen and oxygen atoms in total. The molecule has 3 amide bonds. The summed E-state index contributed by atoms with van der Waals surface area (Å²) in [6, 6.07) is 6.54.